The molecule has 1 aliphatic heterocycles. The third-order valence-corrected chi connectivity index (χ3v) is 3.65. The molecule has 3 heteroatoms. The van der Waals surface area contributed by atoms with E-state index in [0.29, 0.717) is 18.3 Å². The summed E-state index contributed by atoms with van der Waals surface area (Å²) in [5.74, 6) is 1.58. The number of hydrogen-bond donors (Lipinski definition) is 1. The Labute approximate surface area is 92.0 Å². The topological polar surface area (TPSA) is 46.3 Å². The number of likely N-dealkylation sites (tertiary alicyclic amines) is 1. The van der Waals surface area contributed by atoms with Crippen molar-refractivity contribution >= 4 is 5.91 Å². The van der Waals surface area contributed by atoms with Crippen LogP contribution in [0.1, 0.15) is 39.0 Å². The second kappa shape index (κ2) is 4.52. The highest BCUT2D eigenvalue weighted by atomic mass is 16.2. The van der Waals surface area contributed by atoms with Gasteiger partial charge in [0.25, 0.3) is 0 Å². The third-order valence-electron chi connectivity index (χ3n) is 3.65. The van der Waals surface area contributed by atoms with Crippen LogP contribution in [0.15, 0.2) is 0 Å². The van der Waals surface area contributed by atoms with Crippen LogP contribution < -0.4 is 5.73 Å². The van der Waals surface area contributed by atoms with Crippen LogP contribution in [0, 0.1) is 11.8 Å². The number of carbonyl (C=O) groups is 1. The minimum atomic E-state index is 0.120. The molecule has 0 aromatic rings. The molecular weight excluding hydrogens is 188 g/mol. The summed E-state index contributed by atoms with van der Waals surface area (Å²) in [6.07, 6.45) is 5.44. The predicted molar refractivity (Wildman–Crippen MR) is 60.3 cm³/mol. The van der Waals surface area contributed by atoms with Crippen LogP contribution >= 0.6 is 0 Å². The van der Waals surface area contributed by atoms with Crippen LogP contribution in [-0.4, -0.2) is 29.9 Å². The zero-order chi connectivity index (χ0) is 10.8. The Balaban J connectivity index is 1.78. The maximum absolute atomic E-state index is 11.9. The summed E-state index contributed by atoms with van der Waals surface area (Å²) in [4.78, 5) is 13.9. The van der Waals surface area contributed by atoms with E-state index in [4.69, 9.17) is 5.73 Å². The van der Waals surface area contributed by atoms with E-state index in [1.807, 2.05) is 4.90 Å². The second-order valence-corrected chi connectivity index (χ2v) is 5.29. The lowest BCUT2D eigenvalue weighted by Gasteiger charge is -2.31. The van der Waals surface area contributed by atoms with E-state index in [0.717, 1.165) is 19.5 Å². The quantitative estimate of drug-likeness (QED) is 0.764. The minimum absolute atomic E-state index is 0.120. The molecular formula is C12H22N2O. The van der Waals surface area contributed by atoms with Gasteiger partial charge in [-0.15, -0.1) is 0 Å². The van der Waals surface area contributed by atoms with Crippen molar-refractivity contribution in [3.63, 3.8) is 0 Å². The smallest absolute Gasteiger partial charge is 0.224 e. The van der Waals surface area contributed by atoms with Crippen LogP contribution in [0.25, 0.3) is 0 Å². The third kappa shape index (κ3) is 2.94. The number of amides is 1. The molecule has 2 atom stereocenters. The van der Waals surface area contributed by atoms with Gasteiger partial charge in [0.1, 0.15) is 0 Å². The molecule has 0 radical (unpaired) electrons. The highest BCUT2D eigenvalue weighted by Crippen LogP contribution is 2.33. The molecule has 2 fully saturated rings. The maximum atomic E-state index is 11.9. The van der Waals surface area contributed by atoms with Gasteiger partial charge in [-0.2, -0.15) is 0 Å². The molecule has 1 saturated carbocycles. The van der Waals surface area contributed by atoms with Gasteiger partial charge in [0.2, 0.25) is 5.91 Å². The minimum Gasteiger partial charge on any atom is -0.342 e. The first-order valence-electron chi connectivity index (χ1n) is 6.20. The molecule has 0 aromatic carbocycles. The van der Waals surface area contributed by atoms with Crippen molar-refractivity contribution in [2.45, 2.75) is 45.1 Å². The van der Waals surface area contributed by atoms with E-state index >= 15 is 0 Å². The van der Waals surface area contributed by atoms with E-state index < -0.39 is 0 Å². The molecule has 86 valence electrons. The standard InChI is InChI=1S/C12H22N2O/c1-9-3-2-6-14(8-9)12(15)7-11(13)10-4-5-10/h9-11H,2-8,13H2,1H3. The fraction of sp³-hybridized carbons (Fsp3) is 0.917. The molecule has 1 amide bonds. The Kier molecular flexibility index (Phi) is 3.29. The average molecular weight is 210 g/mol. The summed E-state index contributed by atoms with van der Waals surface area (Å²) < 4.78 is 0. The van der Waals surface area contributed by atoms with Crippen molar-refractivity contribution in [3.8, 4) is 0 Å². The molecule has 2 unspecified atom stereocenters. The lowest BCUT2D eigenvalue weighted by molar-refractivity contribution is -0.133. The van der Waals surface area contributed by atoms with E-state index in [2.05, 4.69) is 6.92 Å². The highest BCUT2D eigenvalue weighted by molar-refractivity contribution is 5.77. The molecule has 1 heterocycles. The van der Waals surface area contributed by atoms with Gasteiger partial charge < -0.3 is 10.6 Å². The Bertz CT molecular complexity index is 238. The largest absolute Gasteiger partial charge is 0.342 e. The molecule has 0 bridgehead atoms. The van der Waals surface area contributed by atoms with Crippen molar-refractivity contribution in [1.29, 1.82) is 0 Å². The van der Waals surface area contributed by atoms with Crippen LogP contribution in [-0.2, 0) is 4.79 Å². The van der Waals surface area contributed by atoms with Crippen LogP contribution in [0.4, 0.5) is 0 Å². The van der Waals surface area contributed by atoms with Crippen molar-refractivity contribution in [2.75, 3.05) is 13.1 Å². The van der Waals surface area contributed by atoms with E-state index in [9.17, 15) is 4.79 Å². The number of nitrogens with zero attached hydrogens (tertiary/aromatic N) is 1. The van der Waals surface area contributed by atoms with Gasteiger partial charge in [0, 0.05) is 25.6 Å². The second-order valence-electron chi connectivity index (χ2n) is 5.29. The first-order chi connectivity index (χ1) is 7.16. The summed E-state index contributed by atoms with van der Waals surface area (Å²) in [5, 5.41) is 0. The van der Waals surface area contributed by atoms with Crippen LogP contribution in [0.5, 0.6) is 0 Å². The SMILES string of the molecule is CC1CCCN(C(=O)CC(N)C2CC2)C1. The van der Waals surface area contributed by atoms with Gasteiger partial charge in [0.15, 0.2) is 0 Å². The average Bonchev–Trinajstić information content (AvgIpc) is 3.00. The van der Waals surface area contributed by atoms with E-state index in [1.165, 1.54) is 19.3 Å². The Hall–Kier alpha value is -0.570. The van der Waals surface area contributed by atoms with Gasteiger partial charge in [-0.05, 0) is 37.5 Å². The fourth-order valence-electron chi connectivity index (χ4n) is 2.44. The number of piperidine rings is 1. The van der Waals surface area contributed by atoms with E-state index in [-0.39, 0.29) is 11.9 Å². The fourth-order valence-corrected chi connectivity index (χ4v) is 2.44. The normalized spacial score (nSPS) is 28.9. The molecule has 1 aliphatic carbocycles. The van der Waals surface area contributed by atoms with Crippen molar-refractivity contribution in [2.24, 2.45) is 17.6 Å². The predicted octanol–water partition coefficient (Wildman–Crippen LogP) is 1.37. The molecule has 2 aliphatic rings. The molecule has 1 saturated heterocycles. The zero-order valence-corrected chi connectivity index (χ0v) is 9.61. The van der Waals surface area contributed by atoms with Gasteiger partial charge in [-0.1, -0.05) is 6.92 Å². The Morgan fingerprint density at radius 3 is 2.80 bits per heavy atom. The van der Waals surface area contributed by atoms with Gasteiger partial charge >= 0.3 is 0 Å². The molecule has 0 spiro atoms. The molecule has 2 N–H and O–H groups in total. The van der Waals surface area contributed by atoms with Crippen molar-refractivity contribution < 1.29 is 4.79 Å². The first-order valence-corrected chi connectivity index (χ1v) is 6.20. The number of hydrogen-bond acceptors (Lipinski definition) is 2. The van der Waals surface area contributed by atoms with Crippen molar-refractivity contribution in [1.82, 2.24) is 4.90 Å². The number of nitrogens with two attached hydrogens (primary N) is 1. The highest BCUT2D eigenvalue weighted by Gasteiger charge is 2.31. The summed E-state index contributed by atoms with van der Waals surface area (Å²) in [6.45, 7) is 4.11. The molecule has 0 aromatic heterocycles. The summed E-state index contributed by atoms with van der Waals surface area (Å²) >= 11 is 0. The van der Waals surface area contributed by atoms with Gasteiger partial charge in [-0.3, -0.25) is 4.79 Å². The summed E-state index contributed by atoms with van der Waals surface area (Å²) in [5.41, 5.74) is 5.97. The number of rotatable bonds is 3. The Morgan fingerprint density at radius 1 is 1.47 bits per heavy atom. The maximum Gasteiger partial charge on any atom is 0.224 e. The lowest BCUT2D eigenvalue weighted by atomic mass is 9.99. The zero-order valence-electron chi connectivity index (χ0n) is 9.61. The van der Waals surface area contributed by atoms with Crippen LogP contribution in [0.2, 0.25) is 0 Å². The van der Waals surface area contributed by atoms with Gasteiger partial charge in [0.05, 0.1) is 0 Å². The van der Waals surface area contributed by atoms with Gasteiger partial charge in [-0.25, -0.2) is 0 Å². The van der Waals surface area contributed by atoms with Crippen LogP contribution in [0.3, 0.4) is 0 Å². The molecule has 15 heavy (non-hydrogen) atoms. The molecule has 3 nitrogen and oxygen atoms in total. The van der Waals surface area contributed by atoms with E-state index in [1.54, 1.807) is 0 Å². The first kappa shape index (κ1) is 10.9. The lowest BCUT2D eigenvalue weighted by Crippen LogP contribution is -2.42. The summed E-state index contributed by atoms with van der Waals surface area (Å²) in [7, 11) is 0. The number of carbonyl (C=O) groups excluding carboxylic acids is 1. The van der Waals surface area contributed by atoms with Crippen molar-refractivity contribution in [3.05, 3.63) is 0 Å². The Morgan fingerprint density at radius 2 is 2.20 bits per heavy atom. The monoisotopic (exact) mass is 210 g/mol. The molecule has 2 rings (SSSR count). The summed E-state index contributed by atoms with van der Waals surface area (Å²) in [6, 6.07) is 0.120.